The van der Waals surface area contributed by atoms with Crippen LogP contribution < -0.4 is 5.32 Å². The fraction of sp³-hybridized carbons (Fsp3) is 0.520. The largest absolute Gasteiger partial charge is 0.459 e. The van der Waals surface area contributed by atoms with Gasteiger partial charge in [-0.05, 0) is 62.0 Å². The summed E-state index contributed by atoms with van der Waals surface area (Å²) in [5.41, 5.74) is 2.46. The van der Waals surface area contributed by atoms with E-state index in [4.69, 9.17) is 4.42 Å². The van der Waals surface area contributed by atoms with E-state index in [0.717, 1.165) is 12.1 Å². The van der Waals surface area contributed by atoms with Crippen molar-refractivity contribution in [3.05, 3.63) is 59.5 Å². The Morgan fingerprint density at radius 1 is 0.935 bits per heavy atom. The van der Waals surface area contributed by atoms with E-state index in [0.29, 0.717) is 38.2 Å². The third-order valence-corrected chi connectivity index (χ3v) is 6.45. The molecule has 2 aliphatic rings. The lowest BCUT2D eigenvalue weighted by Crippen LogP contribution is -2.42. The van der Waals surface area contributed by atoms with Gasteiger partial charge in [-0.1, -0.05) is 37.1 Å². The van der Waals surface area contributed by atoms with Crippen molar-refractivity contribution in [3.8, 4) is 0 Å². The van der Waals surface area contributed by atoms with E-state index < -0.39 is 0 Å². The van der Waals surface area contributed by atoms with Crippen LogP contribution in [0.4, 0.5) is 0 Å². The van der Waals surface area contributed by atoms with Gasteiger partial charge in [-0.3, -0.25) is 14.5 Å². The molecule has 0 bridgehead atoms. The molecule has 0 unspecified atom stereocenters. The highest BCUT2D eigenvalue weighted by molar-refractivity contribution is 5.91. The number of carbonyl (C=O) groups excluding carboxylic acids is 2. The Balaban J connectivity index is 1.23. The van der Waals surface area contributed by atoms with Crippen LogP contribution in [0.3, 0.4) is 0 Å². The lowest BCUT2D eigenvalue weighted by molar-refractivity contribution is -0.126. The minimum Gasteiger partial charge on any atom is -0.459 e. The normalized spacial score (nSPS) is 18.5. The SMILES string of the molecule is O=C(NCc1cccc(CN2CCCCCC2)c1)C1CCN(C(=O)c2ccco2)CC1. The third kappa shape index (κ3) is 5.97. The first-order valence-electron chi connectivity index (χ1n) is 11.6. The van der Waals surface area contributed by atoms with Crippen molar-refractivity contribution >= 4 is 11.8 Å². The predicted molar refractivity (Wildman–Crippen MR) is 119 cm³/mol. The van der Waals surface area contributed by atoms with Gasteiger partial charge in [0, 0.05) is 32.1 Å². The van der Waals surface area contributed by atoms with Crippen LogP contribution in [0, 0.1) is 5.92 Å². The van der Waals surface area contributed by atoms with Gasteiger partial charge in [0.05, 0.1) is 6.26 Å². The molecule has 2 amide bonds. The van der Waals surface area contributed by atoms with Crippen molar-refractivity contribution in [2.45, 2.75) is 51.6 Å². The summed E-state index contributed by atoms with van der Waals surface area (Å²) >= 11 is 0. The summed E-state index contributed by atoms with van der Waals surface area (Å²) in [7, 11) is 0. The molecule has 0 aliphatic carbocycles. The zero-order chi connectivity index (χ0) is 21.5. The smallest absolute Gasteiger partial charge is 0.289 e. The minimum absolute atomic E-state index is 0.0408. The van der Waals surface area contributed by atoms with E-state index >= 15 is 0 Å². The number of hydrogen-bond acceptors (Lipinski definition) is 4. The van der Waals surface area contributed by atoms with Crippen LogP contribution in [0.15, 0.2) is 47.1 Å². The Kier molecular flexibility index (Phi) is 7.41. The molecule has 1 N–H and O–H groups in total. The summed E-state index contributed by atoms with van der Waals surface area (Å²) in [5.74, 6) is 0.317. The summed E-state index contributed by atoms with van der Waals surface area (Å²) in [6, 6.07) is 12.0. The van der Waals surface area contributed by atoms with Crippen molar-refractivity contribution in [2.24, 2.45) is 5.92 Å². The number of hydrogen-bond donors (Lipinski definition) is 1. The Morgan fingerprint density at radius 2 is 1.68 bits per heavy atom. The number of piperidine rings is 1. The fourth-order valence-corrected chi connectivity index (χ4v) is 4.62. The highest BCUT2D eigenvalue weighted by Crippen LogP contribution is 2.20. The van der Waals surface area contributed by atoms with Gasteiger partial charge in [0.15, 0.2) is 5.76 Å². The minimum atomic E-state index is -0.0925. The molecule has 0 atom stereocenters. The predicted octanol–water partition coefficient (Wildman–Crippen LogP) is 3.82. The molecule has 3 heterocycles. The number of carbonyl (C=O) groups is 2. The van der Waals surface area contributed by atoms with Crippen LogP contribution >= 0.6 is 0 Å². The highest BCUT2D eigenvalue weighted by atomic mass is 16.3. The molecule has 2 aliphatic heterocycles. The molecule has 6 nitrogen and oxygen atoms in total. The molecular weight excluding hydrogens is 390 g/mol. The van der Waals surface area contributed by atoms with Gasteiger partial charge in [-0.2, -0.15) is 0 Å². The first-order chi connectivity index (χ1) is 15.2. The standard InChI is InChI=1S/C25H33N3O3/c29-24(22-10-14-28(15-11-22)25(30)23-9-6-16-31-23)26-18-20-7-5-8-21(17-20)19-27-12-3-1-2-4-13-27/h5-9,16-17,22H,1-4,10-15,18-19H2,(H,26,29). The Hall–Kier alpha value is -2.60. The van der Waals surface area contributed by atoms with Crippen LogP contribution in [0.5, 0.6) is 0 Å². The lowest BCUT2D eigenvalue weighted by Gasteiger charge is -2.30. The van der Waals surface area contributed by atoms with E-state index in [1.165, 1.54) is 50.6 Å². The number of rotatable bonds is 6. The summed E-state index contributed by atoms with van der Waals surface area (Å²) in [4.78, 5) is 29.4. The maximum absolute atomic E-state index is 12.7. The molecule has 2 saturated heterocycles. The Labute approximate surface area is 184 Å². The van der Waals surface area contributed by atoms with Gasteiger partial charge in [-0.15, -0.1) is 0 Å². The summed E-state index contributed by atoms with van der Waals surface area (Å²) < 4.78 is 5.20. The zero-order valence-electron chi connectivity index (χ0n) is 18.2. The average molecular weight is 424 g/mol. The zero-order valence-corrected chi connectivity index (χ0v) is 18.2. The Bertz CT molecular complexity index is 849. The molecule has 31 heavy (non-hydrogen) atoms. The third-order valence-electron chi connectivity index (χ3n) is 6.45. The topological polar surface area (TPSA) is 65.8 Å². The molecule has 2 aromatic rings. The van der Waals surface area contributed by atoms with Gasteiger partial charge < -0.3 is 14.6 Å². The molecule has 6 heteroatoms. The molecule has 166 valence electrons. The molecule has 0 saturated carbocycles. The fourth-order valence-electron chi connectivity index (χ4n) is 4.62. The first-order valence-corrected chi connectivity index (χ1v) is 11.6. The monoisotopic (exact) mass is 423 g/mol. The van der Waals surface area contributed by atoms with Crippen LogP contribution in [-0.4, -0.2) is 47.8 Å². The van der Waals surface area contributed by atoms with E-state index in [1.54, 1.807) is 17.0 Å². The van der Waals surface area contributed by atoms with Crippen molar-refractivity contribution in [2.75, 3.05) is 26.2 Å². The average Bonchev–Trinajstić information content (AvgIpc) is 3.23. The number of likely N-dealkylation sites (tertiary alicyclic amines) is 2. The number of nitrogens with zero attached hydrogens (tertiary/aromatic N) is 2. The quantitative estimate of drug-likeness (QED) is 0.767. The summed E-state index contributed by atoms with van der Waals surface area (Å²) in [6.07, 6.45) is 8.16. The summed E-state index contributed by atoms with van der Waals surface area (Å²) in [5, 5.41) is 3.11. The van der Waals surface area contributed by atoms with Crippen molar-refractivity contribution in [1.29, 1.82) is 0 Å². The molecular formula is C25H33N3O3. The molecule has 0 radical (unpaired) electrons. The van der Waals surface area contributed by atoms with Crippen LogP contribution in [0.1, 0.15) is 60.2 Å². The second kappa shape index (κ2) is 10.6. The number of furan rings is 1. The van der Waals surface area contributed by atoms with Crippen molar-refractivity contribution in [3.63, 3.8) is 0 Å². The first kappa shape index (κ1) is 21.6. The molecule has 4 rings (SSSR count). The lowest BCUT2D eigenvalue weighted by atomic mass is 9.95. The van der Waals surface area contributed by atoms with Crippen LogP contribution in [0.2, 0.25) is 0 Å². The summed E-state index contributed by atoms with van der Waals surface area (Å²) in [6.45, 7) is 5.08. The highest BCUT2D eigenvalue weighted by Gasteiger charge is 2.28. The van der Waals surface area contributed by atoms with Gasteiger partial charge in [0.25, 0.3) is 5.91 Å². The van der Waals surface area contributed by atoms with E-state index in [-0.39, 0.29) is 17.7 Å². The molecule has 1 aromatic carbocycles. The van der Waals surface area contributed by atoms with E-state index in [9.17, 15) is 9.59 Å². The van der Waals surface area contributed by atoms with Gasteiger partial charge in [-0.25, -0.2) is 0 Å². The number of nitrogens with one attached hydrogen (secondary N) is 1. The van der Waals surface area contributed by atoms with E-state index in [2.05, 4.69) is 34.5 Å². The number of benzene rings is 1. The second-order valence-corrected chi connectivity index (χ2v) is 8.77. The van der Waals surface area contributed by atoms with Gasteiger partial charge in [0.1, 0.15) is 0 Å². The van der Waals surface area contributed by atoms with Crippen molar-refractivity contribution < 1.29 is 14.0 Å². The Morgan fingerprint density at radius 3 is 2.39 bits per heavy atom. The molecule has 0 spiro atoms. The number of amides is 2. The van der Waals surface area contributed by atoms with Crippen LogP contribution in [-0.2, 0) is 17.9 Å². The van der Waals surface area contributed by atoms with Crippen molar-refractivity contribution in [1.82, 2.24) is 15.1 Å². The second-order valence-electron chi connectivity index (χ2n) is 8.77. The maximum atomic E-state index is 12.7. The van der Waals surface area contributed by atoms with E-state index in [1.807, 2.05) is 0 Å². The van der Waals surface area contributed by atoms with Crippen LogP contribution in [0.25, 0.3) is 0 Å². The maximum Gasteiger partial charge on any atom is 0.289 e. The van der Waals surface area contributed by atoms with Gasteiger partial charge >= 0.3 is 0 Å². The molecule has 2 fully saturated rings. The van der Waals surface area contributed by atoms with Gasteiger partial charge in [0.2, 0.25) is 5.91 Å². The molecule has 1 aromatic heterocycles.